The van der Waals surface area contributed by atoms with E-state index in [4.69, 9.17) is 5.73 Å². The normalized spacial score (nSPS) is 11.5. The van der Waals surface area contributed by atoms with E-state index in [0.717, 1.165) is 45.3 Å². The van der Waals surface area contributed by atoms with E-state index in [0.29, 0.717) is 23.5 Å². The quantitative estimate of drug-likeness (QED) is 0.193. The van der Waals surface area contributed by atoms with E-state index in [9.17, 15) is 9.59 Å². The van der Waals surface area contributed by atoms with Crippen molar-refractivity contribution in [2.75, 3.05) is 32.7 Å². The van der Waals surface area contributed by atoms with Gasteiger partial charge in [-0.25, -0.2) is 9.98 Å². The number of carbonyl (C=O) groups is 2. The van der Waals surface area contributed by atoms with Crippen LogP contribution in [0, 0.1) is 0 Å². The van der Waals surface area contributed by atoms with Crippen LogP contribution < -0.4 is 11.1 Å². The summed E-state index contributed by atoms with van der Waals surface area (Å²) in [6, 6.07) is 6.64. The molecule has 0 atom stereocenters. The van der Waals surface area contributed by atoms with Crippen LogP contribution in [0.25, 0.3) is 0 Å². The molecule has 1 aromatic heterocycles. The number of benzene rings is 1. The summed E-state index contributed by atoms with van der Waals surface area (Å²) in [6.45, 7) is 12.2. The van der Waals surface area contributed by atoms with Crippen molar-refractivity contribution in [3.05, 3.63) is 66.4 Å². The lowest BCUT2D eigenvalue weighted by molar-refractivity contribution is 0.0764. The maximum Gasteiger partial charge on any atom is 0.254 e. The molecule has 0 unspecified atom stereocenters. The van der Waals surface area contributed by atoms with Crippen molar-refractivity contribution in [2.45, 2.75) is 46.1 Å². The Morgan fingerprint density at radius 2 is 1.80 bits per heavy atom. The number of aliphatic imine (C=N–C) groups is 1. The fourth-order valence-electron chi connectivity index (χ4n) is 3.80. The summed E-state index contributed by atoms with van der Waals surface area (Å²) in [4.78, 5) is 40.8. The first-order valence-corrected chi connectivity index (χ1v) is 12.3. The zero-order chi connectivity index (χ0) is 25.5. The molecular formula is C26H39N7O2. The fourth-order valence-corrected chi connectivity index (χ4v) is 3.80. The average molecular weight is 482 g/mol. The number of carbonyl (C=O) groups excluding carboxylic acids is 2. The largest absolute Gasteiger partial charge is 0.386 e. The maximum absolute atomic E-state index is 13.1. The van der Waals surface area contributed by atoms with E-state index < -0.39 is 0 Å². The average Bonchev–Trinajstić information content (AvgIpc) is 3.36. The third-order valence-electron chi connectivity index (χ3n) is 5.45. The van der Waals surface area contributed by atoms with Crippen LogP contribution in [-0.2, 0) is 6.54 Å². The highest BCUT2D eigenvalue weighted by Gasteiger charge is 2.19. The van der Waals surface area contributed by atoms with Gasteiger partial charge in [-0.2, -0.15) is 0 Å². The molecule has 2 rings (SSSR count). The Bertz CT molecular complexity index is 933. The highest BCUT2D eigenvalue weighted by atomic mass is 16.2. The highest BCUT2D eigenvalue weighted by Crippen LogP contribution is 2.11. The summed E-state index contributed by atoms with van der Waals surface area (Å²) < 4.78 is 0. The molecule has 0 aliphatic heterocycles. The van der Waals surface area contributed by atoms with Crippen LogP contribution in [0.15, 0.2) is 54.4 Å². The van der Waals surface area contributed by atoms with Gasteiger partial charge in [-0.1, -0.05) is 20.4 Å². The van der Waals surface area contributed by atoms with Crippen molar-refractivity contribution in [3.8, 4) is 0 Å². The Labute approximate surface area is 208 Å². The summed E-state index contributed by atoms with van der Waals surface area (Å²) in [5.41, 5.74) is 6.88. The SMILES string of the molecule is C=CN=C(N)CN(Cc1ncc[nH]1)C(=O)c1ccc(C(=O)NCCCCN(CCC)CCC)cc1. The molecule has 1 heterocycles. The molecule has 0 spiro atoms. The number of unbranched alkanes of at least 4 members (excludes halogenated alkanes) is 1. The first-order valence-electron chi connectivity index (χ1n) is 12.3. The summed E-state index contributed by atoms with van der Waals surface area (Å²) in [5.74, 6) is 0.522. The van der Waals surface area contributed by atoms with E-state index in [1.807, 2.05) is 0 Å². The van der Waals surface area contributed by atoms with Crippen molar-refractivity contribution in [3.63, 3.8) is 0 Å². The minimum Gasteiger partial charge on any atom is -0.386 e. The lowest BCUT2D eigenvalue weighted by atomic mass is 10.1. The number of nitrogens with zero attached hydrogens (tertiary/aromatic N) is 4. The van der Waals surface area contributed by atoms with Gasteiger partial charge in [0.05, 0.1) is 13.1 Å². The number of H-pyrrole nitrogens is 1. The molecule has 1 aromatic carbocycles. The van der Waals surface area contributed by atoms with Gasteiger partial charge in [-0.3, -0.25) is 9.59 Å². The van der Waals surface area contributed by atoms with Gasteiger partial charge in [-0.05, 0) is 69.6 Å². The molecule has 35 heavy (non-hydrogen) atoms. The van der Waals surface area contributed by atoms with Crippen molar-refractivity contribution < 1.29 is 9.59 Å². The Morgan fingerprint density at radius 3 is 2.40 bits per heavy atom. The standard InChI is InChI=1S/C26H39N7O2/c1-4-16-32(17-5-2)18-8-7-13-31-25(34)21-9-11-22(12-10-21)26(35)33(19-23(27)28-6-3)20-24-29-14-15-30-24/h6,9-12,14-15H,3-5,7-8,13,16-20H2,1-2H3,(H2,27,28)(H,29,30)(H,31,34). The van der Waals surface area contributed by atoms with Crippen LogP contribution in [0.2, 0.25) is 0 Å². The number of amides is 2. The summed E-state index contributed by atoms with van der Waals surface area (Å²) in [7, 11) is 0. The Kier molecular flexibility index (Phi) is 12.3. The van der Waals surface area contributed by atoms with Gasteiger partial charge in [0.15, 0.2) is 0 Å². The first-order chi connectivity index (χ1) is 17.0. The third kappa shape index (κ3) is 9.74. The minimum atomic E-state index is -0.237. The van der Waals surface area contributed by atoms with Gasteiger partial charge in [0, 0.05) is 36.3 Å². The van der Waals surface area contributed by atoms with Crippen LogP contribution in [0.4, 0.5) is 0 Å². The predicted octanol–water partition coefficient (Wildman–Crippen LogP) is 3.18. The molecule has 0 radical (unpaired) electrons. The lowest BCUT2D eigenvalue weighted by Gasteiger charge is -2.21. The van der Waals surface area contributed by atoms with Crippen molar-refractivity contribution in [1.82, 2.24) is 25.1 Å². The van der Waals surface area contributed by atoms with E-state index >= 15 is 0 Å². The number of imidazole rings is 1. The number of hydrogen-bond acceptors (Lipinski definition) is 5. The number of aromatic amines is 1. The van der Waals surface area contributed by atoms with Gasteiger partial charge >= 0.3 is 0 Å². The van der Waals surface area contributed by atoms with Crippen LogP contribution in [-0.4, -0.2) is 70.1 Å². The maximum atomic E-state index is 13.1. The molecule has 0 saturated carbocycles. The summed E-state index contributed by atoms with van der Waals surface area (Å²) >= 11 is 0. The molecule has 0 aliphatic carbocycles. The number of amidine groups is 1. The van der Waals surface area contributed by atoms with Crippen LogP contribution in [0.5, 0.6) is 0 Å². The molecule has 2 amide bonds. The predicted molar refractivity (Wildman–Crippen MR) is 140 cm³/mol. The molecule has 0 saturated heterocycles. The minimum absolute atomic E-state index is 0.127. The van der Waals surface area contributed by atoms with Crippen LogP contribution in [0.3, 0.4) is 0 Å². The summed E-state index contributed by atoms with van der Waals surface area (Å²) in [5, 5.41) is 2.97. The van der Waals surface area contributed by atoms with Crippen molar-refractivity contribution in [2.24, 2.45) is 10.7 Å². The second kappa shape index (κ2) is 15.4. The van der Waals surface area contributed by atoms with Crippen molar-refractivity contribution in [1.29, 1.82) is 0 Å². The zero-order valence-corrected chi connectivity index (χ0v) is 21.0. The summed E-state index contributed by atoms with van der Waals surface area (Å²) in [6.07, 6.45) is 8.96. The molecule has 4 N–H and O–H groups in total. The molecule has 0 bridgehead atoms. The molecule has 9 heteroatoms. The van der Waals surface area contributed by atoms with Crippen molar-refractivity contribution >= 4 is 17.6 Å². The Morgan fingerprint density at radius 1 is 1.11 bits per heavy atom. The number of hydrogen-bond donors (Lipinski definition) is 3. The van der Waals surface area contributed by atoms with Gasteiger partial charge in [0.1, 0.15) is 11.7 Å². The second-order valence-electron chi connectivity index (χ2n) is 8.38. The molecule has 9 nitrogen and oxygen atoms in total. The number of nitrogens with one attached hydrogen (secondary N) is 2. The zero-order valence-electron chi connectivity index (χ0n) is 21.0. The van der Waals surface area contributed by atoms with Gasteiger partial charge in [0.25, 0.3) is 11.8 Å². The smallest absolute Gasteiger partial charge is 0.254 e. The monoisotopic (exact) mass is 481 g/mol. The first kappa shape index (κ1) is 27.8. The van der Waals surface area contributed by atoms with Gasteiger partial charge in [-0.15, -0.1) is 0 Å². The number of aromatic nitrogens is 2. The van der Waals surface area contributed by atoms with E-state index in [1.165, 1.54) is 11.1 Å². The third-order valence-corrected chi connectivity index (χ3v) is 5.45. The second-order valence-corrected chi connectivity index (χ2v) is 8.38. The highest BCUT2D eigenvalue weighted by molar-refractivity contribution is 5.99. The topological polar surface area (TPSA) is 120 Å². The van der Waals surface area contributed by atoms with Crippen LogP contribution in [0.1, 0.15) is 66.1 Å². The molecule has 0 fully saturated rings. The number of nitrogens with two attached hydrogens (primary N) is 1. The Balaban J connectivity index is 1.90. The molecule has 2 aromatic rings. The lowest BCUT2D eigenvalue weighted by Crippen LogP contribution is -2.38. The van der Waals surface area contributed by atoms with E-state index in [1.54, 1.807) is 36.7 Å². The van der Waals surface area contributed by atoms with Gasteiger partial charge < -0.3 is 25.8 Å². The number of rotatable bonds is 16. The van der Waals surface area contributed by atoms with E-state index in [2.05, 4.69) is 45.6 Å². The molecule has 0 aliphatic rings. The molecule has 190 valence electrons. The molecular weight excluding hydrogens is 442 g/mol. The van der Waals surface area contributed by atoms with E-state index in [-0.39, 0.29) is 30.7 Å². The van der Waals surface area contributed by atoms with Crippen LogP contribution >= 0.6 is 0 Å². The fraction of sp³-hybridized carbons (Fsp3) is 0.462. The Hall–Kier alpha value is -3.46. The van der Waals surface area contributed by atoms with Gasteiger partial charge in [0.2, 0.25) is 0 Å².